The molecule has 8 nitrogen and oxygen atoms in total. The quantitative estimate of drug-likeness (QED) is 0.219. The molecule has 1 aliphatic rings. The molecule has 21 heavy (non-hydrogen) atoms. The number of aliphatic hydroxyl groups is 1. The average molecular weight is 299 g/mol. The van der Waals surface area contributed by atoms with Crippen LogP contribution in [0.2, 0.25) is 0 Å². The van der Waals surface area contributed by atoms with Gasteiger partial charge in [-0.15, -0.1) is 0 Å². The molecule has 0 aromatic carbocycles. The van der Waals surface area contributed by atoms with Crippen molar-refractivity contribution in [3.8, 4) is 0 Å². The minimum atomic E-state index is -0.591. The van der Waals surface area contributed by atoms with Gasteiger partial charge in [-0.05, 0) is 19.3 Å². The van der Waals surface area contributed by atoms with Crippen LogP contribution in [0.25, 0.3) is 0 Å². The van der Waals surface area contributed by atoms with Gasteiger partial charge >= 0.3 is 0 Å². The van der Waals surface area contributed by atoms with Crippen molar-refractivity contribution in [2.24, 2.45) is 22.3 Å². The number of ether oxygens (including phenoxy) is 1. The molecular weight excluding hydrogens is 274 g/mol. The van der Waals surface area contributed by atoms with Gasteiger partial charge in [0.05, 0.1) is 18.4 Å². The molecule has 1 saturated heterocycles. The van der Waals surface area contributed by atoms with E-state index in [0.29, 0.717) is 25.0 Å². The number of nitrogens with two attached hydrogens (primary N) is 3. The Hall–Kier alpha value is -1.64. The molecule has 0 saturated carbocycles. The van der Waals surface area contributed by atoms with E-state index >= 15 is 0 Å². The van der Waals surface area contributed by atoms with Crippen LogP contribution in [0.4, 0.5) is 0 Å². The normalized spacial score (nSPS) is 23.9. The maximum Gasteiger partial charge on any atom is 0.290 e. The Kier molecular flexibility index (Phi) is 6.60. The van der Waals surface area contributed by atoms with Crippen LogP contribution >= 0.6 is 0 Å². The number of aliphatic imine (C=N–C) groups is 1. The lowest BCUT2D eigenvalue weighted by Gasteiger charge is -2.24. The number of nitrogens with zero attached hydrogens (tertiary/aromatic N) is 2. The van der Waals surface area contributed by atoms with E-state index in [0.717, 1.165) is 11.4 Å². The van der Waals surface area contributed by atoms with Crippen LogP contribution in [0.3, 0.4) is 0 Å². The van der Waals surface area contributed by atoms with Gasteiger partial charge in [-0.2, -0.15) is 0 Å². The zero-order valence-electron chi connectivity index (χ0n) is 12.6. The van der Waals surface area contributed by atoms with Crippen molar-refractivity contribution >= 4 is 11.6 Å². The third-order valence-corrected chi connectivity index (χ3v) is 3.38. The van der Waals surface area contributed by atoms with Crippen LogP contribution in [-0.4, -0.2) is 47.7 Å². The van der Waals surface area contributed by atoms with E-state index in [-0.39, 0.29) is 24.1 Å². The second-order valence-corrected chi connectivity index (χ2v) is 4.95. The van der Waals surface area contributed by atoms with Crippen molar-refractivity contribution in [3.63, 3.8) is 0 Å². The van der Waals surface area contributed by atoms with Crippen molar-refractivity contribution in [3.05, 3.63) is 11.4 Å². The summed E-state index contributed by atoms with van der Waals surface area (Å²) in [5.74, 6) is 5.26. The second kappa shape index (κ2) is 7.96. The number of allylic oxidation sites excluding steroid dienone is 1. The Morgan fingerprint density at radius 1 is 1.43 bits per heavy atom. The van der Waals surface area contributed by atoms with Gasteiger partial charge in [-0.25, -0.2) is 10.9 Å². The molecule has 1 heterocycles. The van der Waals surface area contributed by atoms with Gasteiger partial charge < -0.3 is 21.3 Å². The fraction of sp³-hybridized carbons (Fsp3) is 0.692. The number of rotatable bonds is 6. The number of carbonyl (C=O) groups excluding carboxylic acids is 1. The lowest BCUT2D eigenvalue weighted by molar-refractivity contribution is -0.139. The molecule has 2 atom stereocenters. The lowest BCUT2D eigenvalue weighted by Crippen LogP contribution is -2.50. The first kappa shape index (κ1) is 17.4. The third kappa shape index (κ3) is 4.16. The molecule has 0 bridgehead atoms. The van der Waals surface area contributed by atoms with Gasteiger partial charge in [0, 0.05) is 12.7 Å². The topological polar surface area (TPSA) is 140 Å². The van der Waals surface area contributed by atoms with E-state index in [1.54, 1.807) is 0 Å². The lowest BCUT2D eigenvalue weighted by atomic mass is 10.1. The van der Waals surface area contributed by atoms with E-state index in [2.05, 4.69) is 4.99 Å². The van der Waals surface area contributed by atoms with E-state index in [1.807, 2.05) is 6.92 Å². The first-order valence-electron chi connectivity index (χ1n) is 7.02. The predicted molar refractivity (Wildman–Crippen MR) is 79.7 cm³/mol. The van der Waals surface area contributed by atoms with Gasteiger partial charge in [0.2, 0.25) is 0 Å². The highest BCUT2D eigenvalue weighted by molar-refractivity contribution is 6.45. The van der Waals surface area contributed by atoms with Crippen molar-refractivity contribution in [2.45, 2.75) is 44.9 Å². The van der Waals surface area contributed by atoms with Crippen molar-refractivity contribution in [2.75, 3.05) is 13.7 Å². The van der Waals surface area contributed by atoms with Gasteiger partial charge in [0.1, 0.15) is 11.9 Å². The summed E-state index contributed by atoms with van der Waals surface area (Å²) in [5.41, 5.74) is 12.3. The summed E-state index contributed by atoms with van der Waals surface area (Å²) in [6.07, 6.45) is 1.70. The molecule has 0 radical (unpaired) electrons. The molecule has 1 amide bonds. The van der Waals surface area contributed by atoms with Crippen LogP contribution in [0.15, 0.2) is 16.4 Å². The second-order valence-electron chi connectivity index (χ2n) is 4.95. The van der Waals surface area contributed by atoms with Crippen LogP contribution < -0.4 is 17.3 Å². The highest BCUT2D eigenvalue weighted by atomic mass is 16.5. The molecule has 7 N–H and O–H groups in total. The highest BCUT2D eigenvalue weighted by Crippen LogP contribution is 2.21. The Morgan fingerprint density at radius 3 is 2.57 bits per heavy atom. The Morgan fingerprint density at radius 2 is 2.10 bits per heavy atom. The molecule has 120 valence electrons. The molecule has 2 unspecified atom stereocenters. The number of aliphatic hydroxyl groups excluding tert-OH is 1. The molecular formula is C13H25N5O3. The molecule has 0 aromatic rings. The molecule has 0 aliphatic carbocycles. The monoisotopic (exact) mass is 299 g/mol. The first-order chi connectivity index (χ1) is 9.96. The molecule has 1 aliphatic heterocycles. The summed E-state index contributed by atoms with van der Waals surface area (Å²) in [4.78, 5) is 16.3. The largest absolute Gasteiger partial charge is 0.400 e. The zero-order valence-corrected chi connectivity index (χ0v) is 12.6. The fourth-order valence-corrected chi connectivity index (χ4v) is 2.17. The SMILES string of the molecule is CCCC(N)=C(N)C(=NC)C(=O)N(N)C1CCC(CO)O1. The summed E-state index contributed by atoms with van der Waals surface area (Å²) in [6, 6.07) is 0. The van der Waals surface area contributed by atoms with Crippen molar-refractivity contribution in [1.82, 2.24) is 5.01 Å². The number of hydrogen-bond donors (Lipinski definition) is 4. The van der Waals surface area contributed by atoms with Gasteiger partial charge in [-0.1, -0.05) is 13.3 Å². The summed E-state index contributed by atoms with van der Waals surface area (Å²) >= 11 is 0. The van der Waals surface area contributed by atoms with E-state index in [1.165, 1.54) is 7.05 Å². The number of amides is 1. The van der Waals surface area contributed by atoms with Crippen LogP contribution in [0.1, 0.15) is 32.6 Å². The molecule has 1 fully saturated rings. The third-order valence-electron chi connectivity index (χ3n) is 3.38. The Balaban J connectivity index is 2.82. The molecule has 0 aromatic heterocycles. The van der Waals surface area contributed by atoms with Crippen molar-refractivity contribution < 1.29 is 14.6 Å². The van der Waals surface area contributed by atoms with Gasteiger partial charge in [-0.3, -0.25) is 9.79 Å². The number of carbonyl (C=O) groups is 1. The maximum absolute atomic E-state index is 12.4. The minimum absolute atomic E-state index is 0.0273. The summed E-state index contributed by atoms with van der Waals surface area (Å²) in [7, 11) is 1.46. The van der Waals surface area contributed by atoms with Gasteiger partial charge in [0.15, 0.2) is 0 Å². The minimum Gasteiger partial charge on any atom is -0.400 e. The van der Waals surface area contributed by atoms with Gasteiger partial charge in [0.25, 0.3) is 5.91 Å². The van der Waals surface area contributed by atoms with Crippen LogP contribution in [0.5, 0.6) is 0 Å². The average Bonchev–Trinajstić information content (AvgIpc) is 2.96. The molecule has 0 spiro atoms. The molecule has 1 rings (SSSR count). The first-order valence-corrected chi connectivity index (χ1v) is 7.02. The Labute approximate surface area is 124 Å². The predicted octanol–water partition coefficient (Wildman–Crippen LogP) is -0.814. The van der Waals surface area contributed by atoms with Crippen LogP contribution in [0, 0.1) is 0 Å². The number of hydrogen-bond acceptors (Lipinski definition) is 7. The Bertz CT molecular complexity index is 436. The van der Waals surface area contributed by atoms with E-state index in [4.69, 9.17) is 27.2 Å². The van der Waals surface area contributed by atoms with E-state index in [9.17, 15) is 4.79 Å². The standard InChI is InChI=1S/C13H25N5O3/c1-3-4-9(14)11(15)12(17-2)13(20)18(16)10-6-5-8(7-19)21-10/h8,10,19H,3-7,14-16H2,1-2H3. The maximum atomic E-state index is 12.4. The summed E-state index contributed by atoms with van der Waals surface area (Å²) < 4.78 is 5.46. The fourth-order valence-electron chi connectivity index (χ4n) is 2.17. The zero-order chi connectivity index (χ0) is 16.0. The van der Waals surface area contributed by atoms with E-state index < -0.39 is 12.1 Å². The van der Waals surface area contributed by atoms with Crippen molar-refractivity contribution in [1.29, 1.82) is 0 Å². The van der Waals surface area contributed by atoms with Crippen LogP contribution in [-0.2, 0) is 9.53 Å². The molecule has 8 heteroatoms. The smallest absolute Gasteiger partial charge is 0.290 e. The number of hydrazine groups is 1. The highest BCUT2D eigenvalue weighted by Gasteiger charge is 2.33. The summed E-state index contributed by atoms with van der Waals surface area (Å²) in [6.45, 7) is 1.86. The summed E-state index contributed by atoms with van der Waals surface area (Å²) in [5, 5.41) is 10.0.